The first-order chi connectivity index (χ1) is 10.0. The van der Waals surface area contributed by atoms with Crippen molar-refractivity contribution in [3.8, 4) is 0 Å². The Balaban J connectivity index is 1.89. The highest BCUT2D eigenvalue weighted by atomic mass is 32.2. The van der Waals surface area contributed by atoms with Crippen LogP contribution in [-0.4, -0.2) is 34.0 Å². The zero-order chi connectivity index (χ0) is 15.3. The molecular formula is C15H16FNO3S. The third-order valence-corrected chi connectivity index (χ3v) is 4.48. The van der Waals surface area contributed by atoms with Gasteiger partial charge < -0.3 is 10.4 Å². The third kappa shape index (κ3) is 4.07. The summed E-state index contributed by atoms with van der Waals surface area (Å²) in [5.41, 5.74) is -0.348. The summed E-state index contributed by atoms with van der Waals surface area (Å²) in [6.07, 6.45) is 3.88. The number of benzene rings is 1. The number of rotatable bonds is 5. The smallest absolute Gasteiger partial charge is 0.330 e. The van der Waals surface area contributed by atoms with Crippen LogP contribution in [0.3, 0.4) is 0 Å². The van der Waals surface area contributed by atoms with Crippen molar-refractivity contribution in [2.45, 2.75) is 18.4 Å². The largest absolute Gasteiger partial charge is 0.479 e. The molecule has 1 aliphatic heterocycles. The molecule has 1 aromatic rings. The fourth-order valence-electron chi connectivity index (χ4n) is 2.08. The lowest BCUT2D eigenvalue weighted by Gasteiger charge is -2.24. The number of nitrogens with one attached hydrogen (secondary N) is 1. The number of halogens is 1. The van der Waals surface area contributed by atoms with Gasteiger partial charge in [0.1, 0.15) is 11.4 Å². The zero-order valence-corrected chi connectivity index (χ0v) is 12.2. The van der Waals surface area contributed by atoms with E-state index in [-0.39, 0.29) is 18.1 Å². The SMILES string of the molecule is O=C(C/C=C/c1ccc(F)cc1)NC1(C(=O)O)CCSC1. The fraction of sp³-hybridized carbons (Fsp3) is 0.333. The van der Waals surface area contributed by atoms with Crippen molar-refractivity contribution >= 4 is 29.7 Å². The zero-order valence-electron chi connectivity index (χ0n) is 11.3. The van der Waals surface area contributed by atoms with Crippen LogP contribution >= 0.6 is 11.8 Å². The Morgan fingerprint density at radius 2 is 2.10 bits per heavy atom. The van der Waals surface area contributed by atoms with Gasteiger partial charge in [-0.1, -0.05) is 24.3 Å². The van der Waals surface area contributed by atoms with E-state index in [1.807, 2.05) is 0 Å². The minimum Gasteiger partial charge on any atom is -0.479 e. The molecule has 1 aliphatic rings. The van der Waals surface area contributed by atoms with Crippen molar-refractivity contribution in [1.82, 2.24) is 5.32 Å². The van der Waals surface area contributed by atoms with E-state index < -0.39 is 11.5 Å². The van der Waals surface area contributed by atoms with Gasteiger partial charge >= 0.3 is 5.97 Å². The van der Waals surface area contributed by atoms with Gasteiger partial charge in [0.2, 0.25) is 5.91 Å². The highest BCUT2D eigenvalue weighted by molar-refractivity contribution is 7.99. The van der Waals surface area contributed by atoms with E-state index in [1.165, 1.54) is 23.9 Å². The average Bonchev–Trinajstić information content (AvgIpc) is 2.91. The predicted molar refractivity (Wildman–Crippen MR) is 80.5 cm³/mol. The van der Waals surface area contributed by atoms with E-state index >= 15 is 0 Å². The van der Waals surface area contributed by atoms with Crippen LogP contribution in [0.25, 0.3) is 6.08 Å². The average molecular weight is 309 g/mol. The first kappa shape index (κ1) is 15.6. The molecule has 1 saturated heterocycles. The second-order valence-electron chi connectivity index (χ2n) is 4.90. The van der Waals surface area contributed by atoms with Crippen molar-refractivity contribution in [3.63, 3.8) is 0 Å². The van der Waals surface area contributed by atoms with E-state index in [1.54, 1.807) is 24.3 Å². The number of carbonyl (C=O) groups excluding carboxylic acids is 1. The summed E-state index contributed by atoms with van der Waals surface area (Å²) in [4.78, 5) is 23.2. The molecule has 0 saturated carbocycles. The normalized spacial score (nSPS) is 21.6. The van der Waals surface area contributed by atoms with Crippen LogP contribution in [-0.2, 0) is 9.59 Å². The molecule has 1 fully saturated rings. The fourth-order valence-corrected chi connectivity index (χ4v) is 3.41. The first-order valence-corrected chi connectivity index (χ1v) is 7.72. The number of carboxylic acids is 1. The first-order valence-electron chi connectivity index (χ1n) is 6.56. The summed E-state index contributed by atoms with van der Waals surface area (Å²) in [6, 6.07) is 5.90. The van der Waals surface area contributed by atoms with E-state index in [2.05, 4.69) is 5.32 Å². The molecule has 0 aromatic heterocycles. The summed E-state index contributed by atoms with van der Waals surface area (Å²) in [5, 5.41) is 11.9. The molecule has 4 nitrogen and oxygen atoms in total. The Labute approximate surface area is 126 Å². The lowest BCUT2D eigenvalue weighted by molar-refractivity contribution is -0.146. The highest BCUT2D eigenvalue weighted by Crippen LogP contribution is 2.28. The number of aliphatic carboxylic acids is 1. The maximum absolute atomic E-state index is 12.7. The molecule has 1 atom stereocenters. The molecule has 2 rings (SSSR count). The minimum atomic E-state index is -1.13. The molecule has 0 bridgehead atoms. The van der Waals surface area contributed by atoms with Gasteiger partial charge in [0, 0.05) is 12.2 Å². The van der Waals surface area contributed by atoms with Crippen LogP contribution in [0.1, 0.15) is 18.4 Å². The van der Waals surface area contributed by atoms with Gasteiger partial charge in [0.25, 0.3) is 0 Å². The van der Waals surface area contributed by atoms with Crippen molar-refractivity contribution in [2.75, 3.05) is 11.5 Å². The van der Waals surface area contributed by atoms with E-state index in [0.29, 0.717) is 12.2 Å². The molecule has 1 heterocycles. The van der Waals surface area contributed by atoms with Crippen LogP contribution in [0, 0.1) is 5.82 Å². The lowest BCUT2D eigenvalue weighted by Crippen LogP contribution is -2.54. The molecule has 1 aromatic carbocycles. The number of hydrogen-bond donors (Lipinski definition) is 2. The summed E-state index contributed by atoms with van der Waals surface area (Å²) in [7, 11) is 0. The summed E-state index contributed by atoms with van der Waals surface area (Å²) in [5.74, 6) is -0.484. The van der Waals surface area contributed by atoms with Crippen LogP contribution < -0.4 is 5.32 Å². The summed E-state index contributed by atoms with van der Waals surface area (Å²) in [6.45, 7) is 0. The molecule has 1 amide bonds. The van der Waals surface area contributed by atoms with Gasteiger partial charge in [-0.2, -0.15) is 11.8 Å². The van der Waals surface area contributed by atoms with Gasteiger partial charge in [-0.05, 0) is 29.9 Å². The highest BCUT2D eigenvalue weighted by Gasteiger charge is 2.42. The van der Waals surface area contributed by atoms with E-state index in [4.69, 9.17) is 0 Å². The Bertz CT molecular complexity index is 551. The van der Waals surface area contributed by atoms with Gasteiger partial charge in [-0.25, -0.2) is 9.18 Å². The van der Waals surface area contributed by atoms with Crippen molar-refractivity contribution < 1.29 is 19.1 Å². The molecule has 0 aliphatic carbocycles. The monoisotopic (exact) mass is 309 g/mol. The Morgan fingerprint density at radius 1 is 1.38 bits per heavy atom. The van der Waals surface area contributed by atoms with Crippen LogP contribution in [0.2, 0.25) is 0 Å². The molecule has 2 N–H and O–H groups in total. The van der Waals surface area contributed by atoms with Gasteiger partial charge in [-0.3, -0.25) is 4.79 Å². The Kier molecular flexibility index (Phi) is 5.01. The van der Waals surface area contributed by atoms with Crippen molar-refractivity contribution in [2.24, 2.45) is 0 Å². The maximum atomic E-state index is 12.7. The molecule has 0 spiro atoms. The number of carboxylic acid groups (broad SMARTS) is 1. The van der Waals surface area contributed by atoms with Crippen LogP contribution in [0.15, 0.2) is 30.3 Å². The minimum absolute atomic E-state index is 0.0943. The molecule has 112 valence electrons. The number of amides is 1. The number of carbonyl (C=O) groups is 2. The van der Waals surface area contributed by atoms with Crippen molar-refractivity contribution in [3.05, 3.63) is 41.7 Å². The lowest BCUT2D eigenvalue weighted by atomic mass is 9.99. The molecule has 6 heteroatoms. The standard InChI is InChI=1S/C15H16FNO3S/c16-12-6-4-11(5-7-12)2-1-3-13(18)17-15(14(19)20)8-9-21-10-15/h1-2,4-7H,3,8-10H2,(H,17,18)(H,19,20)/b2-1+. The third-order valence-electron chi connectivity index (χ3n) is 3.29. The van der Waals surface area contributed by atoms with Crippen LogP contribution in [0.4, 0.5) is 4.39 Å². The Morgan fingerprint density at radius 3 is 2.67 bits per heavy atom. The second kappa shape index (κ2) is 6.76. The van der Waals surface area contributed by atoms with Gasteiger partial charge in [0.15, 0.2) is 0 Å². The molecule has 21 heavy (non-hydrogen) atoms. The van der Waals surface area contributed by atoms with E-state index in [9.17, 15) is 19.1 Å². The van der Waals surface area contributed by atoms with E-state index in [0.717, 1.165) is 11.3 Å². The van der Waals surface area contributed by atoms with Crippen LogP contribution in [0.5, 0.6) is 0 Å². The molecule has 0 radical (unpaired) electrons. The maximum Gasteiger partial charge on any atom is 0.330 e. The van der Waals surface area contributed by atoms with Gasteiger partial charge in [0.05, 0.1) is 0 Å². The molecule has 1 unspecified atom stereocenters. The Hall–Kier alpha value is -1.82. The summed E-state index contributed by atoms with van der Waals surface area (Å²) < 4.78 is 12.7. The topological polar surface area (TPSA) is 66.4 Å². The van der Waals surface area contributed by atoms with Gasteiger partial charge in [-0.15, -0.1) is 0 Å². The van der Waals surface area contributed by atoms with Crippen molar-refractivity contribution in [1.29, 1.82) is 0 Å². The predicted octanol–water partition coefficient (Wildman–Crippen LogP) is 2.31. The summed E-state index contributed by atoms with van der Waals surface area (Å²) >= 11 is 1.52. The molecular weight excluding hydrogens is 293 g/mol. The second-order valence-corrected chi connectivity index (χ2v) is 6.00. The number of hydrogen-bond acceptors (Lipinski definition) is 3. The number of thioether (sulfide) groups is 1. The quantitative estimate of drug-likeness (QED) is 0.876.